The third-order valence-corrected chi connectivity index (χ3v) is 3.20. The SMILES string of the molecule is COc1ccnc(CC2CNCCC2=O)c1OC. The summed E-state index contributed by atoms with van der Waals surface area (Å²) >= 11 is 0. The van der Waals surface area contributed by atoms with Crippen LogP contribution in [0.15, 0.2) is 12.3 Å². The highest BCUT2D eigenvalue weighted by molar-refractivity contribution is 5.82. The van der Waals surface area contributed by atoms with E-state index < -0.39 is 0 Å². The highest BCUT2D eigenvalue weighted by Gasteiger charge is 2.24. The van der Waals surface area contributed by atoms with Crippen molar-refractivity contribution in [2.45, 2.75) is 12.8 Å². The zero-order chi connectivity index (χ0) is 13.0. The highest BCUT2D eigenvalue weighted by atomic mass is 16.5. The van der Waals surface area contributed by atoms with Crippen LogP contribution in [0.3, 0.4) is 0 Å². The molecular formula is C13H18N2O3. The van der Waals surface area contributed by atoms with Gasteiger partial charge in [-0.3, -0.25) is 9.78 Å². The topological polar surface area (TPSA) is 60.5 Å². The van der Waals surface area contributed by atoms with Gasteiger partial charge in [-0.1, -0.05) is 0 Å². The summed E-state index contributed by atoms with van der Waals surface area (Å²) in [5, 5.41) is 3.23. The van der Waals surface area contributed by atoms with Crippen LogP contribution in [0, 0.1) is 5.92 Å². The molecule has 1 fully saturated rings. The number of aromatic nitrogens is 1. The maximum absolute atomic E-state index is 11.8. The van der Waals surface area contributed by atoms with Gasteiger partial charge in [0.1, 0.15) is 5.78 Å². The van der Waals surface area contributed by atoms with Crippen molar-refractivity contribution in [3.63, 3.8) is 0 Å². The number of pyridine rings is 1. The molecule has 1 aromatic rings. The van der Waals surface area contributed by atoms with Crippen molar-refractivity contribution in [2.75, 3.05) is 27.3 Å². The van der Waals surface area contributed by atoms with Gasteiger partial charge in [0.05, 0.1) is 19.9 Å². The first-order valence-electron chi connectivity index (χ1n) is 6.05. The molecule has 1 N–H and O–H groups in total. The average Bonchev–Trinajstić information content (AvgIpc) is 2.41. The number of ketones is 1. The number of Topliss-reactive ketones (excluding diaryl/α,β-unsaturated/α-hetero) is 1. The number of carbonyl (C=O) groups is 1. The van der Waals surface area contributed by atoms with Crippen molar-refractivity contribution in [1.82, 2.24) is 10.3 Å². The molecule has 0 bridgehead atoms. The van der Waals surface area contributed by atoms with Gasteiger partial charge in [-0.15, -0.1) is 0 Å². The minimum absolute atomic E-state index is 0.0211. The first-order valence-corrected chi connectivity index (χ1v) is 6.05. The van der Waals surface area contributed by atoms with Crippen LogP contribution in [0.4, 0.5) is 0 Å². The first-order chi connectivity index (χ1) is 8.76. The van der Waals surface area contributed by atoms with Crippen LogP contribution in [-0.2, 0) is 11.2 Å². The second-order valence-electron chi connectivity index (χ2n) is 4.31. The van der Waals surface area contributed by atoms with Gasteiger partial charge in [0.25, 0.3) is 0 Å². The van der Waals surface area contributed by atoms with E-state index in [0.717, 1.165) is 12.2 Å². The molecule has 1 aromatic heterocycles. The highest BCUT2D eigenvalue weighted by Crippen LogP contribution is 2.30. The van der Waals surface area contributed by atoms with Crippen molar-refractivity contribution in [3.8, 4) is 11.5 Å². The second kappa shape index (κ2) is 5.82. The number of hydrogen-bond donors (Lipinski definition) is 1. The largest absolute Gasteiger partial charge is 0.493 e. The fourth-order valence-corrected chi connectivity index (χ4v) is 2.22. The summed E-state index contributed by atoms with van der Waals surface area (Å²) < 4.78 is 10.6. The molecule has 5 nitrogen and oxygen atoms in total. The molecule has 0 spiro atoms. The summed E-state index contributed by atoms with van der Waals surface area (Å²) in [6.07, 6.45) is 2.86. The molecule has 1 saturated heterocycles. The molecule has 0 saturated carbocycles. The van der Waals surface area contributed by atoms with Gasteiger partial charge < -0.3 is 14.8 Å². The zero-order valence-corrected chi connectivity index (χ0v) is 10.7. The standard InChI is InChI=1S/C13H18N2O3/c1-17-12-4-6-15-10(13(12)18-2)7-9-8-14-5-3-11(9)16/h4,6,9,14H,3,5,7-8H2,1-2H3. The lowest BCUT2D eigenvalue weighted by atomic mass is 9.93. The average molecular weight is 250 g/mol. The van der Waals surface area contributed by atoms with Crippen molar-refractivity contribution < 1.29 is 14.3 Å². The van der Waals surface area contributed by atoms with E-state index in [1.165, 1.54) is 0 Å². The number of nitrogens with zero attached hydrogens (tertiary/aromatic N) is 1. The molecule has 1 aliphatic rings. The Morgan fingerprint density at radius 3 is 2.94 bits per heavy atom. The lowest BCUT2D eigenvalue weighted by Gasteiger charge is -2.22. The van der Waals surface area contributed by atoms with Gasteiger partial charge in [-0.05, 0) is 0 Å². The quantitative estimate of drug-likeness (QED) is 0.857. The summed E-state index contributed by atoms with van der Waals surface area (Å²) in [6.45, 7) is 1.49. The van der Waals surface area contributed by atoms with E-state index in [9.17, 15) is 4.79 Å². The Labute approximate surface area is 107 Å². The Hall–Kier alpha value is -1.62. The molecule has 0 radical (unpaired) electrons. The Bertz CT molecular complexity index is 434. The van der Waals surface area contributed by atoms with Gasteiger partial charge in [-0.25, -0.2) is 0 Å². The van der Waals surface area contributed by atoms with Crippen molar-refractivity contribution in [3.05, 3.63) is 18.0 Å². The van der Waals surface area contributed by atoms with E-state index in [1.807, 2.05) is 0 Å². The summed E-state index contributed by atoms with van der Waals surface area (Å²) in [5.41, 5.74) is 0.777. The number of piperidine rings is 1. The van der Waals surface area contributed by atoms with Crippen LogP contribution in [0.25, 0.3) is 0 Å². The molecular weight excluding hydrogens is 232 g/mol. The summed E-state index contributed by atoms with van der Waals surface area (Å²) in [7, 11) is 3.18. The summed E-state index contributed by atoms with van der Waals surface area (Å²) in [4.78, 5) is 16.1. The lowest BCUT2D eigenvalue weighted by Crippen LogP contribution is -2.38. The van der Waals surface area contributed by atoms with Gasteiger partial charge in [0.15, 0.2) is 11.5 Å². The first kappa shape index (κ1) is 12.8. The van der Waals surface area contributed by atoms with Crippen LogP contribution < -0.4 is 14.8 Å². The van der Waals surface area contributed by atoms with Crippen molar-refractivity contribution in [2.24, 2.45) is 5.92 Å². The van der Waals surface area contributed by atoms with Crippen LogP contribution >= 0.6 is 0 Å². The molecule has 1 aliphatic heterocycles. The predicted molar refractivity (Wildman–Crippen MR) is 67.0 cm³/mol. The molecule has 1 unspecified atom stereocenters. The fraction of sp³-hybridized carbons (Fsp3) is 0.538. The molecule has 5 heteroatoms. The molecule has 2 rings (SSSR count). The second-order valence-corrected chi connectivity index (χ2v) is 4.31. The Morgan fingerprint density at radius 1 is 1.44 bits per heavy atom. The van der Waals surface area contributed by atoms with Crippen LogP contribution in [-0.4, -0.2) is 38.1 Å². The van der Waals surface area contributed by atoms with E-state index in [0.29, 0.717) is 36.7 Å². The molecule has 1 atom stereocenters. The number of carbonyl (C=O) groups excluding carboxylic acids is 1. The van der Waals surface area contributed by atoms with Gasteiger partial charge in [-0.2, -0.15) is 0 Å². The minimum Gasteiger partial charge on any atom is -0.493 e. The number of methoxy groups -OCH3 is 2. The van der Waals surface area contributed by atoms with Gasteiger partial charge in [0, 0.05) is 44.1 Å². The smallest absolute Gasteiger partial charge is 0.182 e. The van der Waals surface area contributed by atoms with Crippen molar-refractivity contribution in [1.29, 1.82) is 0 Å². The molecule has 0 aromatic carbocycles. The lowest BCUT2D eigenvalue weighted by molar-refractivity contribution is -0.123. The molecule has 18 heavy (non-hydrogen) atoms. The predicted octanol–water partition coefficient (Wildman–Crippen LogP) is 0.820. The maximum Gasteiger partial charge on any atom is 0.182 e. The normalized spacial score (nSPS) is 19.7. The van der Waals surface area contributed by atoms with Crippen LogP contribution in [0.2, 0.25) is 0 Å². The third kappa shape index (κ3) is 2.61. The Morgan fingerprint density at radius 2 is 2.28 bits per heavy atom. The minimum atomic E-state index is -0.0211. The monoisotopic (exact) mass is 250 g/mol. The zero-order valence-electron chi connectivity index (χ0n) is 10.7. The van der Waals surface area contributed by atoms with E-state index in [1.54, 1.807) is 26.5 Å². The Kier molecular flexibility index (Phi) is 4.15. The number of rotatable bonds is 4. The van der Waals surface area contributed by atoms with E-state index >= 15 is 0 Å². The maximum atomic E-state index is 11.8. The number of ether oxygens (including phenoxy) is 2. The van der Waals surface area contributed by atoms with E-state index in [2.05, 4.69) is 10.3 Å². The van der Waals surface area contributed by atoms with Gasteiger partial charge >= 0.3 is 0 Å². The van der Waals surface area contributed by atoms with Gasteiger partial charge in [0.2, 0.25) is 0 Å². The fourth-order valence-electron chi connectivity index (χ4n) is 2.22. The molecule has 0 amide bonds. The third-order valence-electron chi connectivity index (χ3n) is 3.20. The van der Waals surface area contributed by atoms with E-state index in [-0.39, 0.29) is 5.92 Å². The molecule has 2 heterocycles. The summed E-state index contributed by atoms with van der Waals surface area (Å²) in [5.74, 6) is 1.55. The number of nitrogens with one attached hydrogen (secondary N) is 1. The number of hydrogen-bond acceptors (Lipinski definition) is 5. The molecule has 98 valence electrons. The Balaban J connectivity index is 2.20. The van der Waals surface area contributed by atoms with E-state index in [4.69, 9.17) is 9.47 Å². The van der Waals surface area contributed by atoms with Crippen molar-refractivity contribution >= 4 is 5.78 Å². The van der Waals surface area contributed by atoms with Crippen LogP contribution in [0.5, 0.6) is 11.5 Å². The van der Waals surface area contributed by atoms with Crippen LogP contribution in [0.1, 0.15) is 12.1 Å². The summed E-state index contributed by atoms with van der Waals surface area (Å²) in [6, 6.07) is 1.75. The molecule has 0 aliphatic carbocycles.